The molecular formula is C35H40N14O6. The van der Waals surface area contributed by atoms with Crippen LogP contribution in [0, 0.1) is 13.8 Å². The Balaban J connectivity index is 1.38. The van der Waals surface area contributed by atoms with Crippen LogP contribution in [-0.4, -0.2) is 85.6 Å². The molecule has 0 atom stereocenters. The molecule has 286 valence electrons. The predicted octanol–water partition coefficient (Wildman–Crippen LogP) is 1.74. The van der Waals surface area contributed by atoms with Gasteiger partial charge in [-0.25, -0.2) is 15.0 Å². The number of anilines is 3. The number of fused-ring (bicyclic) bond motifs is 2. The molecule has 20 heteroatoms. The summed E-state index contributed by atoms with van der Waals surface area (Å²) in [6.45, 7) is 7.85. The summed E-state index contributed by atoms with van der Waals surface area (Å²) in [6.07, 6.45) is 4.87. The van der Waals surface area contributed by atoms with Crippen molar-refractivity contribution in [3.05, 3.63) is 76.5 Å². The van der Waals surface area contributed by atoms with Crippen molar-refractivity contribution in [2.45, 2.75) is 53.9 Å². The number of nitrogen functional groups attached to an aromatic ring is 1. The Morgan fingerprint density at radius 2 is 1.47 bits per heavy atom. The molecule has 5 heterocycles. The molecule has 0 aliphatic carbocycles. The van der Waals surface area contributed by atoms with Gasteiger partial charge in [-0.3, -0.25) is 43.7 Å². The topological polar surface area (TPSA) is 284 Å². The minimum absolute atomic E-state index is 0.0885. The van der Waals surface area contributed by atoms with Crippen molar-refractivity contribution in [2.24, 2.45) is 11.5 Å². The first-order valence-corrected chi connectivity index (χ1v) is 17.2. The van der Waals surface area contributed by atoms with Gasteiger partial charge in [0.15, 0.2) is 5.65 Å². The maximum atomic E-state index is 13.7. The average molecular weight is 753 g/mol. The van der Waals surface area contributed by atoms with E-state index < -0.39 is 23.6 Å². The van der Waals surface area contributed by atoms with Crippen molar-refractivity contribution in [2.75, 3.05) is 29.6 Å². The fourth-order valence-corrected chi connectivity index (χ4v) is 6.04. The third-order valence-electron chi connectivity index (χ3n) is 8.63. The van der Waals surface area contributed by atoms with Crippen LogP contribution in [0.5, 0.6) is 5.75 Å². The quantitative estimate of drug-likeness (QED) is 0.0818. The molecule has 0 saturated heterocycles. The number of ether oxygens (including phenoxy) is 1. The molecule has 0 spiro atoms. The Labute approximate surface area is 313 Å². The Kier molecular flexibility index (Phi) is 10.6. The maximum Gasteiger partial charge on any atom is 0.278 e. The second-order valence-electron chi connectivity index (χ2n) is 12.3. The van der Waals surface area contributed by atoms with Crippen LogP contribution in [0.1, 0.15) is 66.9 Å². The summed E-state index contributed by atoms with van der Waals surface area (Å²) >= 11 is 0. The summed E-state index contributed by atoms with van der Waals surface area (Å²) in [6, 6.07) is 6.06. The van der Waals surface area contributed by atoms with Crippen molar-refractivity contribution >= 4 is 63.4 Å². The number of aromatic nitrogens is 9. The molecule has 0 radical (unpaired) electrons. The molecule has 55 heavy (non-hydrogen) atoms. The van der Waals surface area contributed by atoms with Crippen LogP contribution in [-0.2, 0) is 26.2 Å². The number of carbonyl (C=O) groups is 4. The second kappa shape index (κ2) is 15.5. The Hall–Kier alpha value is -7.09. The SMILES string of the molecule is CCn1nc(C)cc1C(=O)Nc1nc2cc(C(N)=O)cnc2n1C/C=C/Cn1c(NC(=O)c2c(N)c(C)nn2CC)nc2cc(C(N)=O)cc(OCCO)c21. The molecule has 0 fully saturated rings. The van der Waals surface area contributed by atoms with Crippen molar-refractivity contribution in [3.8, 4) is 5.75 Å². The first kappa shape index (κ1) is 37.7. The van der Waals surface area contributed by atoms with Gasteiger partial charge >= 0.3 is 0 Å². The van der Waals surface area contributed by atoms with Crippen LogP contribution < -0.4 is 32.6 Å². The van der Waals surface area contributed by atoms with Gasteiger partial charge in [-0.05, 0) is 52.0 Å². The summed E-state index contributed by atoms with van der Waals surface area (Å²) < 4.78 is 12.2. The highest BCUT2D eigenvalue weighted by Crippen LogP contribution is 2.32. The molecule has 0 aliphatic heterocycles. The van der Waals surface area contributed by atoms with Gasteiger partial charge in [0.2, 0.25) is 23.7 Å². The molecule has 9 N–H and O–H groups in total. The highest BCUT2D eigenvalue weighted by Gasteiger charge is 2.24. The summed E-state index contributed by atoms with van der Waals surface area (Å²) in [4.78, 5) is 64.9. The third-order valence-corrected chi connectivity index (χ3v) is 8.63. The zero-order chi connectivity index (χ0) is 39.6. The normalized spacial score (nSPS) is 11.5. The van der Waals surface area contributed by atoms with Gasteiger partial charge in [-0.1, -0.05) is 12.2 Å². The minimum atomic E-state index is -0.729. The number of primary amides is 2. The van der Waals surface area contributed by atoms with E-state index in [1.165, 1.54) is 29.1 Å². The molecule has 6 rings (SSSR count). The van der Waals surface area contributed by atoms with Gasteiger partial charge in [0.25, 0.3) is 11.8 Å². The van der Waals surface area contributed by atoms with E-state index >= 15 is 0 Å². The summed E-state index contributed by atoms with van der Waals surface area (Å²) in [5.74, 6) is -2.00. The molecule has 0 unspecified atom stereocenters. The zero-order valence-corrected chi connectivity index (χ0v) is 30.5. The summed E-state index contributed by atoms with van der Waals surface area (Å²) in [5.41, 5.74) is 20.8. The standard InChI is InChI=1S/C35H40N14O6/c1-5-48-24(13-18(3)44-48)32(53)42-35-41-23-15-21(30(38)52)17-39-31(23)47(35)10-8-7-9-46-27-22(14-20(29(37)51)16-25(27)55-12-11-50)40-34(46)43-33(54)28-26(36)19(4)45-49(28)6-2/h7-8,13-17,50H,5-6,9-12,36H2,1-4H3,(H2,37,51)(H2,38,52)(H,40,43,54)(H,41,42,53)/b8-7+. The van der Waals surface area contributed by atoms with E-state index in [0.717, 1.165) is 0 Å². The molecule has 5 aromatic heterocycles. The highest BCUT2D eigenvalue weighted by atomic mass is 16.5. The second-order valence-corrected chi connectivity index (χ2v) is 12.3. The molecule has 0 bridgehead atoms. The average Bonchev–Trinajstić information content (AvgIpc) is 3.89. The number of benzene rings is 1. The number of aliphatic hydroxyl groups excluding tert-OH is 1. The number of nitrogens with two attached hydrogens (primary N) is 3. The van der Waals surface area contributed by atoms with Crippen molar-refractivity contribution in [1.29, 1.82) is 0 Å². The van der Waals surface area contributed by atoms with Gasteiger partial charge in [0, 0.05) is 37.9 Å². The number of aryl methyl sites for hydroxylation is 4. The maximum absolute atomic E-state index is 13.7. The number of pyridine rings is 1. The summed E-state index contributed by atoms with van der Waals surface area (Å²) in [5, 5.41) is 23.9. The van der Waals surface area contributed by atoms with Gasteiger partial charge in [0.05, 0.1) is 34.8 Å². The number of amides is 4. The van der Waals surface area contributed by atoms with Gasteiger partial charge in [-0.15, -0.1) is 0 Å². The zero-order valence-electron chi connectivity index (χ0n) is 30.5. The molecule has 20 nitrogen and oxygen atoms in total. The Bertz CT molecular complexity index is 2510. The van der Waals surface area contributed by atoms with E-state index in [4.69, 9.17) is 21.9 Å². The molecule has 1 aromatic carbocycles. The summed E-state index contributed by atoms with van der Waals surface area (Å²) in [7, 11) is 0. The first-order chi connectivity index (χ1) is 26.3. The van der Waals surface area contributed by atoms with Gasteiger partial charge in [-0.2, -0.15) is 10.2 Å². The van der Waals surface area contributed by atoms with E-state index in [9.17, 15) is 24.3 Å². The Morgan fingerprint density at radius 1 is 0.836 bits per heavy atom. The molecule has 0 aliphatic rings. The monoisotopic (exact) mass is 752 g/mol. The lowest BCUT2D eigenvalue weighted by Gasteiger charge is -2.13. The molecule has 6 aromatic rings. The molecular weight excluding hydrogens is 712 g/mol. The number of aliphatic hydroxyl groups is 1. The fourth-order valence-electron chi connectivity index (χ4n) is 6.04. The largest absolute Gasteiger partial charge is 0.489 e. The number of hydrogen-bond acceptors (Lipinski definition) is 12. The molecule has 0 saturated carbocycles. The van der Waals surface area contributed by atoms with Crippen LogP contribution in [0.15, 0.2) is 42.6 Å². The lowest BCUT2D eigenvalue weighted by atomic mass is 10.1. The van der Waals surface area contributed by atoms with Crippen LogP contribution in [0.25, 0.3) is 22.2 Å². The van der Waals surface area contributed by atoms with E-state index in [0.29, 0.717) is 46.9 Å². The number of imidazole rings is 2. The van der Waals surface area contributed by atoms with Crippen molar-refractivity contribution < 1.29 is 29.0 Å². The van der Waals surface area contributed by atoms with Crippen LogP contribution in [0.4, 0.5) is 17.6 Å². The van der Waals surface area contributed by atoms with E-state index in [2.05, 4.69) is 35.8 Å². The third kappa shape index (κ3) is 7.42. The lowest BCUT2D eigenvalue weighted by Crippen LogP contribution is -2.21. The Morgan fingerprint density at radius 3 is 2.15 bits per heavy atom. The number of nitrogens with one attached hydrogen (secondary N) is 2. The van der Waals surface area contributed by atoms with E-state index in [-0.39, 0.29) is 72.0 Å². The van der Waals surface area contributed by atoms with Gasteiger partial charge in [0.1, 0.15) is 34.8 Å². The minimum Gasteiger partial charge on any atom is -0.489 e. The number of rotatable bonds is 15. The van der Waals surface area contributed by atoms with Crippen LogP contribution >= 0.6 is 0 Å². The predicted molar refractivity (Wildman–Crippen MR) is 202 cm³/mol. The molecule has 4 amide bonds. The fraction of sp³-hybridized carbons (Fsp3) is 0.286. The van der Waals surface area contributed by atoms with Gasteiger partial charge < -0.3 is 31.6 Å². The lowest BCUT2D eigenvalue weighted by molar-refractivity contribution is 0.0991. The number of allylic oxidation sites excluding steroid dienone is 2. The van der Waals surface area contributed by atoms with E-state index in [1.807, 2.05) is 13.8 Å². The first-order valence-electron chi connectivity index (χ1n) is 17.2. The number of hydrogen-bond donors (Lipinski definition) is 6. The van der Waals surface area contributed by atoms with Crippen molar-refractivity contribution in [1.82, 2.24) is 43.6 Å². The number of nitrogens with zero attached hydrogens (tertiary/aromatic N) is 9. The van der Waals surface area contributed by atoms with Crippen LogP contribution in [0.3, 0.4) is 0 Å². The highest BCUT2D eigenvalue weighted by molar-refractivity contribution is 6.07. The van der Waals surface area contributed by atoms with Crippen molar-refractivity contribution in [3.63, 3.8) is 0 Å². The van der Waals surface area contributed by atoms with E-state index in [1.54, 1.807) is 45.9 Å². The smallest absolute Gasteiger partial charge is 0.278 e. The number of carbonyl (C=O) groups excluding carboxylic acids is 4. The van der Waals surface area contributed by atoms with Crippen LogP contribution in [0.2, 0.25) is 0 Å².